The number of hydrogen-bond acceptors (Lipinski definition) is 4. The monoisotopic (exact) mass is 436 g/mol. The van der Waals surface area contributed by atoms with Gasteiger partial charge in [-0.15, -0.1) is 0 Å². The van der Waals surface area contributed by atoms with Crippen molar-refractivity contribution in [3.8, 4) is 5.75 Å². The Balaban J connectivity index is 1.61. The molecule has 3 rings (SSSR count). The molecule has 1 aliphatic rings. The Labute approximate surface area is 180 Å². The third-order valence-electron chi connectivity index (χ3n) is 4.90. The summed E-state index contributed by atoms with van der Waals surface area (Å²) in [6.07, 6.45) is -5.52. The number of carbonyl (C=O) groups is 1. The van der Waals surface area contributed by atoms with Crippen LogP contribution in [0, 0.1) is 0 Å². The lowest BCUT2D eigenvalue weighted by Gasteiger charge is -2.32. The van der Waals surface area contributed by atoms with Crippen LogP contribution in [0.3, 0.4) is 0 Å². The zero-order chi connectivity index (χ0) is 22.4. The molecule has 31 heavy (non-hydrogen) atoms. The molecular formula is C23H27F3N2O3. The van der Waals surface area contributed by atoms with Gasteiger partial charge in [-0.3, -0.25) is 9.69 Å². The molecule has 0 aliphatic carbocycles. The highest BCUT2D eigenvalue weighted by Crippen LogP contribution is 2.34. The van der Waals surface area contributed by atoms with Crippen LogP contribution in [0.2, 0.25) is 0 Å². The molecule has 1 aliphatic heterocycles. The molecule has 2 aromatic rings. The van der Waals surface area contributed by atoms with E-state index < -0.39 is 23.8 Å². The summed E-state index contributed by atoms with van der Waals surface area (Å²) in [5, 5.41) is 2.59. The summed E-state index contributed by atoms with van der Waals surface area (Å²) in [5.41, 5.74) is 0.289. The second-order valence-corrected chi connectivity index (χ2v) is 7.78. The average molecular weight is 436 g/mol. The van der Waals surface area contributed by atoms with Crippen molar-refractivity contribution in [2.75, 3.05) is 19.7 Å². The van der Waals surface area contributed by atoms with Crippen molar-refractivity contribution >= 4 is 5.91 Å². The van der Waals surface area contributed by atoms with Gasteiger partial charge in [0.25, 0.3) is 5.91 Å². The van der Waals surface area contributed by atoms with Crippen LogP contribution in [0.1, 0.15) is 30.5 Å². The Bertz CT molecular complexity index is 872. The highest BCUT2D eigenvalue weighted by Gasteiger charge is 2.34. The van der Waals surface area contributed by atoms with Gasteiger partial charge in [0.2, 0.25) is 0 Å². The maximum absolute atomic E-state index is 13.5. The van der Waals surface area contributed by atoms with E-state index in [4.69, 9.17) is 9.47 Å². The van der Waals surface area contributed by atoms with Gasteiger partial charge in [0.1, 0.15) is 11.9 Å². The Morgan fingerprint density at radius 1 is 1.23 bits per heavy atom. The molecule has 0 bridgehead atoms. The van der Waals surface area contributed by atoms with Gasteiger partial charge in [0.15, 0.2) is 0 Å². The predicted octanol–water partition coefficient (Wildman–Crippen LogP) is 4.01. The number of nitrogens with zero attached hydrogens (tertiary/aromatic N) is 1. The number of nitrogens with one attached hydrogen (secondary N) is 1. The first-order valence-electron chi connectivity index (χ1n) is 10.2. The molecule has 1 N–H and O–H groups in total. The summed E-state index contributed by atoms with van der Waals surface area (Å²) >= 11 is 0. The van der Waals surface area contributed by atoms with Crippen molar-refractivity contribution in [1.82, 2.24) is 10.2 Å². The number of carbonyl (C=O) groups excluding carboxylic acids is 1. The van der Waals surface area contributed by atoms with Crippen molar-refractivity contribution in [2.45, 2.75) is 45.3 Å². The predicted molar refractivity (Wildman–Crippen MR) is 111 cm³/mol. The first kappa shape index (κ1) is 23.1. The minimum Gasteiger partial charge on any atom is -0.491 e. The van der Waals surface area contributed by atoms with Crippen molar-refractivity contribution in [1.29, 1.82) is 0 Å². The normalized spacial score (nSPS) is 17.5. The number of halogens is 3. The summed E-state index contributed by atoms with van der Waals surface area (Å²) in [5.74, 6) is -0.280. The van der Waals surface area contributed by atoms with Crippen molar-refractivity contribution < 1.29 is 27.4 Å². The molecule has 1 saturated heterocycles. The summed E-state index contributed by atoms with van der Waals surface area (Å²) in [6.45, 7) is 5.39. The van der Waals surface area contributed by atoms with Gasteiger partial charge >= 0.3 is 6.18 Å². The number of ether oxygens (including phenoxy) is 2. The highest BCUT2D eigenvalue weighted by atomic mass is 19.4. The Morgan fingerprint density at radius 2 is 1.97 bits per heavy atom. The molecule has 1 amide bonds. The number of morpholine rings is 1. The van der Waals surface area contributed by atoms with Crippen LogP contribution in [-0.4, -0.2) is 42.7 Å². The van der Waals surface area contributed by atoms with E-state index in [1.165, 1.54) is 12.1 Å². The minimum absolute atomic E-state index is 0.0195. The van der Waals surface area contributed by atoms with E-state index in [9.17, 15) is 18.0 Å². The summed E-state index contributed by atoms with van der Waals surface area (Å²) in [4.78, 5) is 14.7. The van der Waals surface area contributed by atoms with Gasteiger partial charge in [0.05, 0.1) is 18.3 Å². The highest BCUT2D eigenvalue weighted by molar-refractivity contribution is 5.81. The first-order valence-corrected chi connectivity index (χ1v) is 10.2. The van der Waals surface area contributed by atoms with Crippen molar-refractivity contribution in [3.05, 3.63) is 65.2 Å². The van der Waals surface area contributed by atoms with Gasteiger partial charge in [-0.25, -0.2) is 0 Å². The Kier molecular flexibility index (Phi) is 7.56. The summed E-state index contributed by atoms with van der Waals surface area (Å²) < 4.78 is 51.4. The lowest BCUT2D eigenvalue weighted by Crippen LogP contribution is -2.49. The van der Waals surface area contributed by atoms with Gasteiger partial charge in [-0.2, -0.15) is 13.2 Å². The SMILES string of the molecule is CC(C)Oc1ccc(CNC(=O)C2CN(Cc3ccccc3)CCO2)c(C(F)(F)F)c1. The zero-order valence-electron chi connectivity index (χ0n) is 17.6. The molecule has 1 heterocycles. The maximum Gasteiger partial charge on any atom is 0.416 e. The summed E-state index contributed by atoms with van der Waals surface area (Å²) in [6, 6.07) is 13.7. The van der Waals surface area contributed by atoms with Crippen LogP contribution in [0.4, 0.5) is 13.2 Å². The van der Waals surface area contributed by atoms with Crippen LogP contribution in [0.25, 0.3) is 0 Å². The smallest absolute Gasteiger partial charge is 0.416 e. The number of amides is 1. The number of hydrogen-bond donors (Lipinski definition) is 1. The molecule has 168 valence electrons. The number of alkyl halides is 3. The lowest BCUT2D eigenvalue weighted by atomic mass is 10.1. The van der Waals surface area contributed by atoms with Crippen LogP contribution in [0.5, 0.6) is 5.75 Å². The fourth-order valence-electron chi connectivity index (χ4n) is 3.46. The van der Waals surface area contributed by atoms with E-state index in [1.807, 2.05) is 30.3 Å². The van der Waals surface area contributed by atoms with Crippen LogP contribution < -0.4 is 10.1 Å². The third kappa shape index (κ3) is 6.70. The fraction of sp³-hybridized carbons (Fsp3) is 0.435. The third-order valence-corrected chi connectivity index (χ3v) is 4.90. The van der Waals surface area contributed by atoms with Crippen LogP contribution in [0.15, 0.2) is 48.5 Å². The van der Waals surface area contributed by atoms with Gasteiger partial charge in [0, 0.05) is 26.2 Å². The molecule has 0 radical (unpaired) electrons. The molecule has 1 fully saturated rings. The first-order chi connectivity index (χ1) is 14.7. The molecule has 0 aromatic heterocycles. The lowest BCUT2D eigenvalue weighted by molar-refractivity contribution is -0.141. The number of rotatable bonds is 7. The van der Waals surface area contributed by atoms with E-state index in [0.29, 0.717) is 26.2 Å². The van der Waals surface area contributed by atoms with E-state index in [0.717, 1.165) is 11.6 Å². The molecular weight excluding hydrogens is 409 g/mol. The molecule has 5 nitrogen and oxygen atoms in total. The van der Waals surface area contributed by atoms with Crippen molar-refractivity contribution in [2.24, 2.45) is 0 Å². The van der Waals surface area contributed by atoms with Gasteiger partial charge < -0.3 is 14.8 Å². The molecule has 2 aromatic carbocycles. The molecule has 1 unspecified atom stereocenters. The molecule has 0 saturated carbocycles. The largest absolute Gasteiger partial charge is 0.491 e. The standard InChI is InChI=1S/C23H27F3N2O3/c1-16(2)31-19-9-8-18(20(12-19)23(24,25)26)13-27-22(29)21-15-28(10-11-30-21)14-17-6-4-3-5-7-17/h3-9,12,16,21H,10-11,13-15H2,1-2H3,(H,27,29). The van der Waals surface area contributed by atoms with E-state index in [-0.39, 0.29) is 24.0 Å². The molecule has 1 atom stereocenters. The molecule has 0 spiro atoms. The Morgan fingerprint density at radius 3 is 2.65 bits per heavy atom. The second-order valence-electron chi connectivity index (χ2n) is 7.78. The quantitative estimate of drug-likeness (QED) is 0.713. The fourth-order valence-corrected chi connectivity index (χ4v) is 3.46. The summed E-state index contributed by atoms with van der Waals surface area (Å²) in [7, 11) is 0. The van der Waals surface area contributed by atoms with Gasteiger partial charge in [-0.05, 0) is 37.1 Å². The Hall–Kier alpha value is -2.58. The second kappa shape index (κ2) is 10.2. The minimum atomic E-state index is -4.55. The van der Waals surface area contributed by atoms with E-state index >= 15 is 0 Å². The van der Waals surface area contributed by atoms with E-state index in [1.54, 1.807) is 13.8 Å². The van der Waals surface area contributed by atoms with Crippen LogP contribution >= 0.6 is 0 Å². The maximum atomic E-state index is 13.5. The number of benzene rings is 2. The van der Waals surface area contributed by atoms with E-state index in [2.05, 4.69) is 10.2 Å². The van der Waals surface area contributed by atoms with Crippen LogP contribution in [-0.2, 0) is 28.8 Å². The molecule has 8 heteroatoms. The topological polar surface area (TPSA) is 50.8 Å². The van der Waals surface area contributed by atoms with Crippen molar-refractivity contribution in [3.63, 3.8) is 0 Å². The van der Waals surface area contributed by atoms with Gasteiger partial charge in [-0.1, -0.05) is 36.4 Å². The zero-order valence-corrected chi connectivity index (χ0v) is 17.6. The average Bonchev–Trinajstić information content (AvgIpc) is 2.72.